The van der Waals surface area contributed by atoms with E-state index in [2.05, 4.69) is 64.0 Å². The van der Waals surface area contributed by atoms with E-state index < -0.39 is 11.9 Å². The largest absolute Gasteiger partial charge is 0.478 e. The summed E-state index contributed by atoms with van der Waals surface area (Å²) in [6, 6.07) is 6.51. The van der Waals surface area contributed by atoms with Crippen molar-refractivity contribution in [3.05, 3.63) is 51.7 Å². The number of nitrogens with zero attached hydrogens (tertiary/aromatic N) is 4. The molecule has 0 atom stereocenters. The van der Waals surface area contributed by atoms with Gasteiger partial charge in [0.1, 0.15) is 0 Å². The van der Waals surface area contributed by atoms with Crippen molar-refractivity contribution in [3.8, 4) is 0 Å². The second-order valence-electron chi connectivity index (χ2n) is 7.01. The second-order valence-corrected chi connectivity index (χ2v) is 7.75. The zero-order valence-electron chi connectivity index (χ0n) is 16.9. The number of piperazine rings is 1. The lowest BCUT2D eigenvalue weighted by atomic mass is 10.2. The van der Waals surface area contributed by atoms with Crippen LogP contribution in [0.25, 0.3) is 6.20 Å². The first-order chi connectivity index (χ1) is 14.3. The van der Waals surface area contributed by atoms with Crippen LogP contribution in [0.15, 0.2) is 46.1 Å². The van der Waals surface area contributed by atoms with Gasteiger partial charge in [-0.3, -0.25) is 0 Å². The van der Waals surface area contributed by atoms with E-state index in [4.69, 9.17) is 15.2 Å². The van der Waals surface area contributed by atoms with Crippen LogP contribution >= 0.6 is 11.3 Å². The van der Waals surface area contributed by atoms with Gasteiger partial charge in [-0.1, -0.05) is 12.1 Å². The van der Waals surface area contributed by atoms with E-state index in [1.807, 2.05) is 0 Å². The van der Waals surface area contributed by atoms with Crippen LogP contribution in [0.2, 0.25) is 0 Å². The lowest BCUT2D eigenvalue weighted by molar-refractivity contribution is -0.134. The highest BCUT2D eigenvalue weighted by molar-refractivity contribution is 7.08. The number of carboxylic acids is 2. The Hall–Kier alpha value is -3.17. The zero-order valence-corrected chi connectivity index (χ0v) is 17.7. The molecule has 0 saturated carbocycles. The molecule has 0 unspecified atom stereocenters. The number of benzene rings is 1. The monoisotopic (exact) mass is 428 g/mol. The van der Waals surface area contributed by atoms with Crippen LogP contribution in [0.4, 0.5) is 17.1 Å². The number of rotatable bonds is 3. The lowest BCUT2D eigenvalue weighted by Gasteiger charge is -2.34. The molecule has 2 aromatic rings. The molecule has 0 spiro atoms. The van der Waals surface area contributed by atoms with E-state index in [0.717, 1.165) is 37.2 Å². The van der Waals surface area contributed by atoms with Crippen LogP contribution in [0.1, 0.15) is 0 Å². The number of anilines is 2. The molecule has 0 radical (unpaired) electrons. The van der Waals surface area contributed by atoms with Gasteiger partial charge >= 0.3 is 11.9 Å². The highest BCUT2D eigenvalue weighted by Gasteiger charge is 2.17. The molecule has 0 amide bonds. The predicted molar refractivity (Wildman–Crippen MR) is 118 cm³/mol. The first-order valence-corrected chi connectivity index (χ1v) is 10.4. The number of para-hydroxylation sites is 1. The van der Waals surface area contributed by atoms with Crippen molar-refractivity contribution in [2.75, 3.05) is 50.1 Å². The smallest absolute Gasteiger partial charge is 0.328 e. The number of hydrogen-bond acceptors (Lipinski definition) is 7. The molecule has 1 fully saturated rings. The van der Waals surface area contributed by atoms with Crippen molar-refractivity contribution in [1.29, 1.82) is 0 Å². The zero-order chi connectivity index (χ0) is 21.7. The van der Waals surface area contributed by atoms with Gasteiger partial charge in [-0.15, -0.1) is 11.3 Å². The van der Waals surface area contributed by atoms with Crippen molar-refractivity contribution in [2.45, 2.75) is 0 Å². The minimum Gasteiger partial charge on any atom is -0.478 e. The van der Waals surface area contributed by atoms with Crippen molar-refractivity contribution >= 4 is 46.5 Å². The SMILES string of the molecule is CN1CCN(c2cccc3c2=Nc2cscc2N(C)C=3)CC1.O=C(O)C=CC(=O)O. The Morgan fingerprint density at radius 3 is 2.30 bits per heavy atom. The maximum absolute atomic E-state index is 9.55. The van der Waals surface area contributed by atoms with E-state index in [1.54, 1.807) is 11.3 Å². The predicted octanol–water partition coefficient (Wildman–Crippen LogP) is 1.35. The molecule has 1 aromatic heterocycles. The maximum Gasteiger partial charge on any atom is 0.328 e. The normalized spacial score (nSPS) is 15.8. The summed E-state index contributed by atoms with van der Waals surface area (Å²) in [6.07, 6.45) is 3.31. The molecule has 3 heterocycles. The van der Waals surface area contributed by atoms with Crippen molar-refractivity contribution in [2.24, 2.45) is 4.99 Å². The third kappa shape index (κ3) is 5.25. The van der Waals surface area contributed by atoms with Crippen LogP contribution in [-0.2, 0) is 9.59 Å². The van der Waals surface area contributed by atoms with E-state index in [9.17, 15) is 9.59 Å². The summed E-state index contributed by atoms with van der Waals surface area (Å²) in [5, 5.41) is 22.2. The fourth-order valence-electron chi connectivity index (χ4n) is 3.25. The molecular weight excluding hydrogens is 404 g/mol. The van der Waals surface area contributed by atoms with Gasteiger partial charge in [-0.05, 0) is 13.1 Å². The van der Waals surface area contributed by atoms with Gasteiger partial charge in [0, 0.05) is 67.6 Å². The van der Waals surface area contributed by atoms with E-state index in [-0.39, 0.29) is 0 Å². The van der Waals surface area contributed by atoms with Crippen molar-refractivity contribution in [3.63, 3.8) is 0 Å². The Labute approximate surface area is 178 Å². The Morgan fingerprint density at radius 2 is 1.67 bits per heavy atom. The van der Waals surface area contributed by atoms with E-state index in [1.165, 1.54) is 16.6 Å². The van der Waals surface area contributed by atoms with Gasteiger partial charge in [-0.25, -0.2) is 14.6 Å². The number of aliphatic carboxylic acids is 2. The fourth-order valence-corrected chi connectivity index (χ4v) is 4.04. The summed E-state index contributed by atoms with van der Waals surface area (Å²) in [5.41, 5.74) is 3.52. The van der Waals surface area contributed by atoms with Gasteiger partial charge in [0.05, 0.1) is 22.4 Å². The van der Waals surface area contributed by atoms with Crippen molar-refractivity contribution in [1.82, 2.24) is 4.90 Å². The molecule has 8 nitrogen and oxygen atoms in total. The minimum atomic E-state index is -1.26. The number of likely N-dealkylation sites (N-methyl/N-ethyl adjacent to an activating group) is 1. The average molecular weight is 429 g/mol. The summed E-state index contributed by atoms with van der Waals surface area (Å²) in [7, 11) is 4.28. The molecular formula is C21H24N4O4S. The van der Waals surface area contributed by atoms with Crippen LogP contribution in [0, 0.1) is 0 Å². The van der Waals surface area contributed by atoms with Gasteiger partial charge < -0.3 is 24.9 Å². The van der Waals surface area contributed by atoms with Crippen LogP contribution in [0.5, 0.6) is 0 Å². The van der Waals surface area contributed by atoms with Gasteiger partial charge in [0.2, 0.25) is 0 Å². The van der Waals surface area contributed by atoms with E-state index >= 15 is 0 Å². The maximum atomic E-state index is 9.55. The summed E-state index contributed by atoms with van der Waals surface area (Å²) >= 11 is 1.71. The Kier molecular flexibility index (Phi) is 6.86. The Balaban J connectivity index is 0.000000275. The Bertz CT molecular complexity index is 1050. The molecule has 1 saturated heterocycles. The molecule has 9 heteroatoms. The molecule has 0 bridgehead atoms. The molecule has 1 aromatic carbocycles. The topological polar surface area (TPSA) is 96.7 Å². The van der Waals surface area contributed by atoms with Gasteiger partial charge in [0.25, 0.3) is 0 Å². The summed E-state index contributed by atoms with van der Waals surface area (Å²) in [4.78, 5) is 31.1. The molecule has 2 aliphatic heterocycles. The summed E-state index contributed by atoms with van der Waals surface area (Å²) in [5.74, 6) is -2.51. The minimum absolute atomic E-state index is 0.558. The lowest BCUT2D eigenvalue weighted by Crippen LogP contribution is -2.47. The highest BCUT2D eigenvalue weighted by atomic mass is 32.1. The molecule has 4 rings (SSSR count). The number of thiophene rings is 1. The number of carbonyl (C=O) groups is 2. The Morgan fingerprint density at radius 1 is 1.00 bits per heavy atom. The van der Waals surface area contributed by atoms with Gasteiger partial charge in [-0.2, -0.15) is 0 Å². The number of carboxylic acid groups (broad SMARTS) is 2. The first kappa shape index (κ1) is 21.5. The molecule has 30 heavy (non-hydrogen) atoms. The van der Waals surface area contributed by atoms with E-state index in [0.29, 0.717) is 12.2 Å². The highest BCUT2D eigenvalue weighted by Crippen LogP contribution is 2.32. The molecule has 0 aliphatic carbocycles. The quantitative estimate of drug-likeness (QED) is 0.713. The third-order valence-electron chi connectivity index (χ3n) is 4.83. The number of fused-ring (bicyclic) bond motifs is 2. The summed E-state index contributed by atoms with van der Waals surface area (Å²) < 4.78 is 0. The van der Waals surface area contributed by atoms with Crippen molar-refractivity contribution < 1.29 is 19.8 Å². The average Bonchev–Trinajstić information content (AvgIpc) is 3.12. The molecule has 2 N–H and O–H groups in total. The molecule has 2 aliphatic rings. The standard InChI is InChI=1S/C17H20N4S.C4H4O4/c1-19-6-8-21(9-7-19)15-5-3-4-13-10-20(2)16-12-22-11-14(16)18-17(13)15;5-3(6)1-2-4(7)8/h3-5,10-12H,6-9H2,1-2H3;1-2H,(H,5,6)(H,7,8). The van der Waals surface area contributed by atoms with Crippen LogP contribution in [0.3, 0.4) is 0 Å². The van der Waals surface area contributed by atoms with Crippen LogP contribution in [-0.4, -0.2) is 67.3 Å². The first-order valence-electron chi connectivity index (χ1n) is 9.41. The summed E-state index contributed by atoms with van der Waals surface area (Å²) in [6.45, 7) is 4.34. The second kappa shape index (κ2) is 9.55. The van der Waals surface area contributed by atoms with Crippen LogP contribution < -0.4 is 20.4 Å². The fraction of sp³-hybridized carbons (Fsp3) is 0.286. The number of hydrogen-bond donors (Lipinski definition) is 2. The molecule has 158 valence electrons. The third-order valence-corrected chi connectivity index (χ3v) is 5.54. The van der Waals surface area contributed by atoms with Gasteiger partial charge in [0.15, 0.2) is 0 Å².